The number of aliphatic hydroxyl groups excluding tert-OH is 2. The predicted molar refractivity (Wildman–Crippen MR) is 62.8 cm³/mol. The van der Waals surface area contributed by atoms with Crippen molar-refractivity contribution in [3.05, 3.63) is 35.9 Å². The van der Waals surface area contributed by atoms with Gasteiger partial charge in [0.25, 0.3) is 0 Å². The zero-order chi connectivity index (χ0) is 13.1. The monoisotopic (exact) mass is 252 g/mol. The number of aliphatic hydroxyl groups is 2. The lowest BCUT2D eigenvalue weighted by atomic mass is 10.0. The van der Waals surface area contributed by atoms with Gasteiger partial charge >= 0.3 is 5.97 Å². The van der Waals surface area contributed by atoms with Gasteiger partial charge in [0.05, 0.1) is 17.8 Å². The largest absolute Gasteiger partial charge is 0.453 e. The van der Waals surface area contributed by atoms with Gasteiger partial charge in [-0.15, -0.1) is 0 Å². The van der Waals surface area contributed by atoms with Crippen LogP contribution in [0.2, 0.25) is 0 Å². The molecule has 0 unspecified atom stereocenters. The van der Waals surface area contributed by atoms with E-state index in [-0.39, 0.29) is 6.42 Å². The molecule has 0 aromatic heterocycles. The van der Waals surface area contributed by atoms with E-state index >= 15 is 0 Å². The van der Waals surface area contributed by atoms with Crippen LogP contribution in [0.15, 0.2) is 30.3 Å². The molecular formula is C13H16O5. The fourth-order valence-corrected chi connectivity index (χ4v) is 1.97. The van der Waals surface area contributed by atoms with Gasteiger partial charge in [-0.1, -0.05) is 18.2 Å². The first-order valence-corrected chi connectivity index (χ1v) is 5.85. The Labute approximate surface area is 105 Å². The van der Waals surface area contributed by atoms with Crippen molar-refractivity contribution in [2.75, 3.05) is 0 Å². The van der Waals surface area contributed by atoms with Crippen molar-refractivity contribution in [3.63, 3.8) is 0 Å². The first-order chi connectivity index (χ1) is 8.58. The highest BCUT2D eigenvalue weighted by molar-refractivity contribution is 5.89. The van der Waals surface area contributed by atoms with Crippen LogP contribution < -0.4 is 0 Å². The van der Waals surface area contributed by atoms with Crippen LogP contribution in [-0.4, -0.2) is 40.8 Å². The summed E-state index contributed by atoms with van der Waals surface area (Å²) < 4.78 is 10.3. The second-order valence-electron chi connectivity index (χ2n) is 4.33. The topological polar surface area (TPSA) is 76.0 Å². The number of carbonyl (C=O) groups is 1. The van der Waals surface area contributed by atoms with Crippen LogP contribution in [0.4, 0.5) is 0 Å². The molecule has 98 valence electrons. The molecule has 1 aromatic carbocycles. The van der Waals surface area contributed by atoms with Gasteiger partial charge in [0, 0.05) is 6.42 Å². The second kappa shape index (κ2) is 5.48. The zero-order valence-corrected chi connectivity index (χ0v) is 10.0. The summed E-state index contributed by atoms with van der Waals surface area (Å²) in [6.07, 6.45) is -3.20. The molecule has 1 heterocycles. The summed E-state index contributed by atoms with van der Waals surface area (Å²) in [5, 5.41) is 19.1. The molecule has 4 atom stereocenters. The number of hydrogen-bond donors (Lipinski definition) is 2. The number of benzene rings is 1. The molecule has 1 aromatic rings. The predicted octanol–water partition coefficient (Wildman–Crippen LogP) is 0.700. The van der Waals surface area contributed by atoms with Crippen molar-refractivity contribution in [2.24, 2.45) is 0 Å². The summed E-state index contributed by atoms with van der Waals surface area (Å²) in [5.41, 5.74) is 0.419. The fourth-order valence-electron chi connectivity index (χ4n) is 1.97. The smallest absolute Gasteiger partial charge is 0.338 e. The molecule has 0 spiro atoms. The molecule has 18 heavy (non-hydrogen) atoms. The number of esters is 1. The molecule has 2 N–H and O–H groups in total. The quantitative estimate of drug-likeness (QED) is 0.758. The van der Waals surface area contributed by atoms with Crippen LogP contribution in [0.25, 0.3) is 0 Å². The van der Waals surface area contributed by atoms with E-state index in [0.717, 1.165) is 0 Å². The third-order valence-electron chi connectivity index (χ3n) is 2.91. The Hall–Kier alpha value is -1.43. The van der Waals surface area contributed by atoms with Gasteiger partial charge in [-0.25, -0.2) is 4.79 Å². The second-order valence-corrected chi connectivity index (χ2v) is 4.33. The molecule has 0 aliphatic carbocycles. The molecule has 5 nitrogen and oxygen atoms in total. The highest BCUT2D eigenvalue weighted by Gasteiger charge is 2.37. The molecule has 0 saturated carbocycles. The van der Waals surface area contributed by atoms with Crippen molar-refractivity contribution in [3.8, 4) is 0 Å². The number of ether oxygens (including phenoxy) is 2. The molecule has 1 aliphatic heterocycles. The van der Waals surface area contributed by atoms with Gasteiger partial charge in [-0.3, -0.25) is 0 Å². The van der Waals surface area contributed by atoms with E-state index < -0.39 is 30.6 Å². The van der Waals surface area contributed by atoms with E-state index in [1.807, 2.05) is 0 Å². The molecule has 0 amide bonds. The summed E-state index contributed by atoms with van der Waals surface area (Å²) in [5.74, 6) is -0.508. The molecule has 0 bridgehead atoms. The Morgan fingerprint density at radius 2 is 2.00 bits per heavy atom. The molecule has 1 fully saturated rings. The minimum Gasteiger partial charge on any atom is -0.453 e. The maximum Gasteiger partial charge on any atom is 0.338 e. The fraction of sp³-hybridized carbons (Fsp3) is 0.462. The van der Waals surface area contributed by atoms with Crippen molar-refractivity contribution in [1.82, 2.24) is 0 Å². The maximum atomic E-state index is 11.8. The lowest BCUT2D eigenvalue weighted by Gasteiger charge is -2.35. The Balaban J connectivity index is 2.03. The summed E-state index contributed by atoms with van der Waals surface area (Å²) in [6, 6.07) is 8.54. The van der Waals surface area contributed by atoms with Gasteiger partial charge in [-0.2, -0.15) is 0 Å². The zero-order valence-electron chi connectivity index (χ0n) is 10.0. The lowest BCUT2D eigenvalue weighted by molar-refractivity contribution is -0.226. The Morgan fingerprint density at radius 3 is 2.61 bits per heavy atom. The molecule has 0 radical (unpaired) electrons. The molecule has 2 rings (SSSR count). The van der Waals surface area contributed by atoms with Crippen LogP contribution in [0.1, 0.15) is 23.7 Å². The third kappa shape index (κ3) is 2.87. The summed E-state index contributed by atoms with van der Waals surface area (Å²) >= 11 is 0. The van der Waals surface area contributed by atoms with Gasteiger partial charge in [0.1, 0.15) is 0 Å². The van der Waals surface area contributed by atoms with E-state index in [2.05, 4.69) is 0 Å². The van der Waals surface area contributed by atoms with Crippen LogP contribution >= 0.6 is 0 Å². The Morgan fingerprint density at radius 1 is 1.33 bits per heavy atom. The van der Waals surface area contributed by atoms with E-state index in [1.165, 1.54) is 0 Å². The summed E-state index contributed by atoms with van der Waals surface area (Å²) in [4.78, 5) is 11.8. The van der Waals surface area contributed by atoms with Gasteiger partial charge < -0.3 is 19.7 Å². The van der Waals surface area contributed by atoms with E-state index in [4.69, 9.17) is 9.47 Å². The van der Waals surface area contributed by atoms with E-state index in [1.54, 1.807) is 37.3 Å². The molecular weight excluding hydrogens is 236 g/mol. The molecule has 1 saturated heterocycles. The van der Waals surface area contributed by atoms with Crippen molar-refractivity contribution in [1.29, 1.82) is 0 Å². The third-order valence-corrected chi connectivity index (χ3v) is 2.91. The lowest BCUT2D eigenvalue weighted by Crippen LogP contribution is -2.49. The average Bonchev–Trinajstić information content (AvgIpc) is 2.34. The normalized spacial score (nSPS) is 31.9. The van der Waals surface area contributed by atoms with Gasteiger partial charge in [0.15, 0.2) is 12.4 Å². The van der Waals surface area contributed by atoms with Crippen LogP contribution in [0, 0.1) is 0 Å². The van der Waals surface area contributed by atoms with Crippen molar-refractivity contribution < 1.29 is 24.5 Å². The van der Waals surface area contributed by atoms with Crippen molar-refractivity contribution in [2.45, 2.75) is 37.9 Å². The van der Waals surface area contributed by atoms with E-state index in [0.29, 0.717) is 5.56 Å². The highest BCUT2D eigenvalue weighted by atomic mass is 16.6. The molecule has 1 aliphatic rings. The SMILES string of the molecule is C[C@H]1O[C@H](O)C[C@@H](O)[C@H]1OC(=O)c1ccccc1. The van der Waals surface area contributed by atoms with E-state index in [9.17, 15) is 15.0 Å². The standard InChI is InChI=1S/C13H16O5/c1-8-12(10(14)7-11(15)17-8)18-13(16)9-5-3-2-4-6-9/h2-6,8,10-12,14-15H,7H2,1H3/t8-,10-,11+,12+/m1/s1. The van der Waals surface area contributed by atoms with Crippen molar-refractivity contribution >= 4 is 5.97 Å². The Kier molecular flexibility index (Phi) is 3.96. The number of hydrogen-bond acceptors (Lipinski definition) is 5. The van der Waals surface area contributed by atoms with Gasteiger partial charge in [-0.05, 0) is 19.1 Å². The molecule has 5 heteroatoms. The minimum atomic E-state index is -1.01. The van der Waals surface area contributed by atoms with Crippen LogP contribution in [0.5, 0.6) is 0 Å². The Bertz CT molecular complexity index is 393. The first-order valence-electron chi connectivity index (χ1n) is 5.85. The van der Waals surface area contributed by atoms with Gasteiger partial charge in [0.2, 0.25) is 0 Å². The van der Waals surface area contributed by atoms with Crippen LogP contribution in [-0.2, 0) is 9.47 Å². The minimum absolute atomic E-state index is 0.0388. The van der Waals surface area contributed by atoms with Crippen LogP contribution in [0.3, 0.4) is 0 Å². The summed E-state index contributed by atoms with van der Waals surface area (Å²) in [7, 11) is 0. The number of rotatable bonds is 2. The highest BCUT2D eigenvalue weighted by Crippen LogP contribution is 2.22. The summed E-state index contributed by atoms with van der Waals surface area (Å²) in [6.45, 7) is 1.65. The maximum absolute atomic E-state index is 11.8. The average molecular weight is 252 g/mol. The number of carbonyl (C=O) groups excluding carboxylic acids is 1. The first kappa shape index (κ1) is 13.0.